The topological polar surface area (TPSA) is 46.2 Å². The molecule has 0 saturated carbocycles. The Morgan fingerprint density at radius 2 is 1.75 bits per heavy atom. The molecule has 1 rings (SSSR count). The van der Waals surface area contributed by atoms with E-state index < -0.39 is 0 Å². The molecular weight excluding hydrogens is 246 g/mol. The van der Waals surface area contributed by atoms with Crippen LogP contribution in [0.15, 0.2) is 18.2 Å². The minimum atomic E-state index is -0.378. The van der Waals surface area contributed by atoms with Gasteiger partial charge in [0, 0.05) is 12.5 Å². The van der Waals surface area contributed by atoms with Gasteiger partial charge in [-0.25, -0.2) is 0 Å². The molecule has 1 aromatic carbocycles. The van der Waals surface area contributed by atoms with E-state index in [-0.39, 0.29) is 17.4 Å². The summed E-state index contributed by atoms with van der Waals surface area (Å²) >= 11 is 0. The lowest BCUT2D eigenvalue weighted by Gasteiger charge is -2.32. The van der Waals surface area contributed by atoms with Gasteiger partial charge in [-0.3, -0.25) is 0 Å². The van der Waals surface area contributed by atoms with Crippen LogP contribution in [0.5, 0.6) is 0 Å². The van der Waals surface area contributed by atoms with E-state index in [1.54, 1.807) is 0 Å². The SMILES string of the molecule is Cc1ccc(C(CN)C(O)CC(C)C(C)(C)C)cc1C. The van der Waals surface area contributed by atoms with Gasteiger partial charge in [-0.05, 0) is 48.3 Å². The molecule has 0 aliphatic heterocycles. The Morgan fingerprint density at radius 3 is 2.20 bits per heavy atom. The molecule has 1 aromatic rings. The van der Waals surface area contributed by atoms with Crippen molar-refractivity contribution < 1.29 is 5.11 Å². The van der Waals surface area contributed by atoms with E-state index in [4.69, 9.17) is 5.73 Å². The lowest BCUT2D eigenvalue weighted by molar-refractivity contribution is 0.0894. The second-order valence-electron chi connectivity index (χ2n) is 7.26. The fraction of sp³-hybridized carbons (Fsp3) is 0.667. The molecule has 3 N–H and O–H groups in total. The van der Waals surface area contributed by atoms with E-state index in [0.29, 0.717) is 12.5 Å². The van der Waals surface area contributed by atoms with Gasteiger partial charge in [-0.2, -0.15) is 0 Å². The van der Waals surface area contributed by atoms with Gasteiger partial charge in [0.15, 0.2) is 0 Å². The summed E-state index contributed by atoms with van der Waals surface area (Å²) in [6.07, 6.45) is 0.412. The zero-order valence-electron chi connectivity index (χ0n) is 13.9. The first kappa shape index (κ1) is 17.2. The fourth-order valence-corrected chi connectivity index (χ4v) is 2.39. The van der Waals surface area contributed by atoms with Crippen LogP contribution in [-0.4, -0.2) is 17.8 Å². The van der Waals surface area contributed by atoms with Crippen molar-refractivity contribution in [3.63, 3.8) is 0 Å². The minimum Gasteiger partial charge on any atom is -0.392 e. The van der Waals surface area contributed by atoms with Crippen LogP contribution in [0.25, 0.3) is 0 Å². The zero-order chi connectivity index (χ0) is 15.5. The Labute approximate surface area is 124 Å². The van der Waals surface area contributed by atoms with Crippen molar-refractivity contribution in [1.82, 2.24) is 0 Å². The van der Waals surface area contributed by atoms with Crippen LogP contribution in [0.4, 0.5) is 0 Å². The number of aryl methyl sites for hydroxylation is 2. The number of hydrogen-bond donors (Lipinski definition) is 2. The summed E-state index contributed by atoms with van der Waals surface area (Å²) in [5.41, 5.74) is 9.83. The molecule has 114 valence electrons. The molecule has 0 aliphatic rings. The van der Waals surface area contributed by atoms with Crippen LogP contribution in [0.3, 0.4) is 0 Å². The predicted octanol–water partition coefficient (Wildman–Crippen LogP) is 3.78. The Bertz CT molecular complexity index is 434. The summed E-state index contributed by atoms with van der Waals surface area (Å²) in [4.78, 5) is 0. The first-order valence-corrected chi connectivity index (χ1v) is 7.62. The molecule has 0 aliphatic carbocycles. The molecule has 0 radical (unpaired) electrons. The molecule has 3 unspecified atom stereocenters. The molecule has 0 spiro atoms. The van der Waals surface area contributed by atoms with Crippen molar-refractivity contribution in [2.24, 2.45) is 17.1 Å². The van der Waals surface area contributed by atoms with Crippen LogP contribution in [0.1, 0.15) is 56.7 Å². The van der Waals surface area contributed by atoms with Gasteiger partial charge in [-0.1, -0.05) is 45.9 Å². The maximum absolute atomic E-state index is 10.6. The Balaban J connectivity index is 2.87. The normalized spacial score (nSPS) is 16.8. The standard InChI is InChI=1S/C18H31NO/c1-12-7-8-15(9-13(12)2)16(11-19)17(20)10-14(3)18(4,5)6/h7-9,14,16-17,20H,10-11,19H2,1-6H3. The summed E-state index contributed by atoms with van der Waals surface area (Å²) in [5.74, 6) is 0.484. The van der Waals surface area contributed by atoms with Gasteiger partial charge >= 0.3 is 0 Å². The first-order chi connectivity index (χ1) is 9.16. The van der Waals surface area contributed by atoms with Gasteiger partial charge in [0.2, 0.25) is 0 Å². The molecule has 0 heterocycles. The number of aliphatic hydroxyl groups excluding tert-OH is 1. The molecule has 0 bridgehead atoms. The van der Waals surface area contributed by atoms with Gasteiger partial charge in [0.05, 0.1) is 6.10 Å². The molecule has 2 heteroatoms. The van der Waals surface area contributed by atoms with Gasteiger partial charge in [-0.15, -0.1) is 0 Å². The van der Waals surface area contributed by atoms with Crippen molar-refractivity contribution in [2.75, 3.05) is 6.54 Å². The third kappa shape index (κ3) is 4.32. The molecule has 0 fully saturated rings. The van der Waals surface area contributed by atoms with Gasteiger partial charge in [0.25, 0.3) is 0 Å². The number of nitrogens with two attached hydrogens (primary N) is 1. The summed E-state index contributed by atoms with van der Waals surface area (Å²) in [5, 5.41) is 10.6. The third-order valence-electron chi connectivity index (χ3n) is 4.75. The van der Waals surface area contributed by atoms with E-state index in [9.17, 15) is 5.11 Å². The Kier molecular flexibility index (Phi) is 5.79. The van der Waals surface area contributed by atoms with Gasteiger partial charge in [0.1, 0.15) is 0 Å². The fourth-order valence-electron chi connectivity index (χ4n) is 2.39. The number of benzene rings is 1. The number of hydrogen-bond acceptors (Lipinski definition) is 2. The monoisotopic (exact) mass is 277 g/mol. The van der Waals surface area contributed by atoms with Crippen LogP contribution >= 0.6 is 0 Å². The first-order valence-electron chi connectivity index (χ1n) is 7.62. The Morgan fingerprint density at radius 1 is 1.15 bits per heavy atom. The molecule has 0 saturated heterocycles. The summed E-state index contributed by atoms with van der Waals surface area (Å²) in [7, 11) is 0. The zero-order valence-corrected chi connectivity index (χ0v) is 13.9. The lowest BCUT2D eigenvalue weighted by atomic mass is 9.76. The minimum absolute atomic E-state index is 0.0269. The van der Waals surface area contributed by atoms with Crippen molar-refractivity contribution in [1.29, 1.82) is 0 Å². The summed E-state index contributed by atoms with van der Waals surface area (Å²) in [6, 6.07) is 6.38. The maximum atomic E-state index is 10.6. The predicted molar refractivity (Wildman–Crippen MR) is 87.0 cm³/mol. The highest BCUT2D eigenvalue weighted by atomic mass is 16.3. The molecule has 20 heavy (non-hydrogen) atoms. The summed E-state index contributed by atoms with van der Waals surface area (Å²) in [6.45, 7) is 13.6. The van der Waals surface area contributed by atoms with Crippen molar-refractivity contribution >= 4 is 0 Å². The summed E-state index contributed by atoms with van der Waals surface area (Å²) < 4.78 is 0. The van der Waals surface area contributed by atoms with E-state index in [1.807, 2.05) is 0 Å². The van der Waals surface area contributed by atoms with E-state index >= 15 is 0 Å². The lowest BCUT2D eigenvalue weighted by Crippen LogP contribution is -2.30. The quantitative estimate of drug-likeness (QED) is 0.860. The largest absolute Gasteiger partial charge is 0.392 e. The van der Waals surface area contributed by atoms with Crippen LogP contribution < -0.4 is 5.73 Å². The van der Waals surface area contributed by atoms with Crippen molar-refractivity contribution in [3.05, 3.63) is 34.9 Å². The Hall–Kier alpha value is -0.860. The van der Waals surface area contributed by atoms with Crippen molar-refractivity contribution in [3.8, 4) is 0 Å². The highest BCUT2D eigenvalue weighted by Crippen LogP contribution is 2.32. The van der Waals surface area contributed by atoms with E-state index in [1.165, 1.54) is 11.1 Å². The molecule has 2 nitrogen and oxygen atoms in total. The molecular formula is C18H31NO. The van der Waals surface area contributed by atoms with Crippen molar-refractivity contribution in [2.45, 2.75) is 60.0 Å². The average molecular weight is 277 g/mol. The van der Waals surface area contributed by atoms with Crippen LogP contribution in [0.2, 0.25) is 0 Å². The molecule has 3 atom stereocenters. The molecule has 0 amide bonds. The van der Waals surface area contributed by atoms with Gasteiger partial charge < -0.3 is 10.8 Å². The third-order valence-corrected chi connectivity index (χ3v) is 4.75. The van der Waals surface area contributed by atoms with Crippen LogP contribution in [-0.2, 0) is 0 Å². The maximum Gasteiger partial charge on any atom is 0.0623 e. The van der Waals surface area contributed by atoms with Crippen LogP contribution in [0, 0.1) is 25.2 Å². The smallest absolute Gasteiger partial charge is 0.0623 e. The second kappa shape index (κ2) is 6.73. The van der Waals surface area contributed by atoms with E-state index in [0.717, 1.165) is 12.0 Å². The average Bonchev–Trinajstić information content (AvgIpc) is 2.33. The molecule has 0 aromatic heterocycles. The number of aliphatic hydroxyl groups is 1. The van der Waals surface area contributed by atoms with E-state index in [2.05, 4.69) is 59.7 Å². The second-order valence-corrected chi connectivity index (χ2v) is 7.26. The highest BCUT2D eigenvalue weighted by molar-refractivity contribution is 5.32. The number of rotatable bonds is 5. The highest BCUT2D eigenvalue weighted by Gasteiger charge is 2.27.